The van der Waals surface area contributed by atoms with Gasteiger partial charge in [-0.1, -0.05) is 206 Å². The summed E-state index contributed by atoms with van der Waals surface area (Å²) in [6, 6.07) is 0. The van der Waals surface area contributed by atoms with Crippen molar-refractivity contribution in [2.75, 3.05) is 13.2 Å². The number of rotatable bonds is 42. The van der Waals surface area contributed by atoms with Crippen molar-refractivity contribution < 1.29 is 28.6 Å². The van der Waals surface area contributed by atoms with Crippen LogP contribution in [0.15, 0.2) is 122 Å². The number of carbonyl (C=O) groups excluding carboxylic acids is 3. The van der Waals surface area contributed by atoms with Gasteiger partial charge in [0, 0.05) is 12.8 Å². The Kier molecular flexibility index (Phi) is 46.1. The summed E-state index contributed by atoms with van der Waals surface area (Å²) in [5, 5.41) is 0. The molecule has 0 aromatic carbocycles. The number of esters is 3. The minimum absolute atomic E-state index is 0.115. The topological polar surface area (TPSA) is 78.9 Å². The zero-order valence-electron chi connectivity index (χ0n) is 39.6. The predicted octanol–water partition coefficient (Wildman–Crippen LogP) is 16.1. The highest BCUT2D eigenvalue weighted by atomic mass is 16.6. The number of allylic oxidation sites excluding steroid dienone is 19. The summed E-state index contributed by atoms with van der Waals surface area (Å²) in [4.78, 5) is 37.7. The van der Waals surface area contributed by atoms with E-state index in [1.807, 2.05) is 18.2 Å². The first-order valence-electron chi connectivity index (χ1n) is 24.6. The molecule has 0 spiro atoms. The number of carbonyl (C=O) groups is 3. The number of unbranched alkanes of at least 4 members (excludes halogenated alkanes) is 13. The van der Waals surface area contributed by atoms with Gasteiger partial charge in [-0.25, -0.2) is 0 Å². The lowest BCUT2D eigenvalue weighted by Crippen LogP contribution is -2.30. The van der Waals surface area contributed by atoms with Crippen LogP contribution < -0.4 is 0 Å². The van der Waals surface area contributed by atoms with Crippen LogP contribution in [0, 0.1) is 0 Å². The summed E-state index contributed by atoms with van der Waals surface area (Å²) in [5.74, 6) is -1.17. The number of ether oxygens (including phenoxy) is 3. The molecule has 6 heteroatoms. The van der Waals surface area contributed by atoms with Gasteiger partial charge in [-0.3, -0.25) is 14.4 Å². The Balaban J connectivity index is 4.49. The highest BCUT2D eigenvalue weighted by molar-refractivity contribution is 5.72. The SMILES string of the molecule is CC/C=C\C/C=C\C/C=C\C/C=C\C/C=C\CCC(=O)OC(COC(=O)C/C=C\C/C=C\C/C=C\CC)COC(=O)CCCCCCCCCCCC/C=C\C=C/CCCCC. The Morgan fingerprint density at radius 2 is 0.774 bits per heavy atom. The van der Waals surface area contributed by atoms with Crippen LogP contribution in [0.4, 0.5) is 0 Å². The molecule has 0 N–H and O–H groups in total. The molecule has 0 fully saturated rings. The Morgan fingerprint density at radius 3 is 1.26 bits per heavy atom. The van der Waals surface area contributed by atoms with E-state index in [9.17, 15) is 14.4 Å². The van der Waals surface area contributed by atoms with E-state index in [4.69, 9.17) is 14.2 Å². The molecular formula is C56H88O6. The van der Waals surface area contributed by atoms with Gasteiger partial charge in [-0.15, -0.1) is 0 Å². The van der Waals surface area contributed by atoms with Crippen LogP contribution in [-0.4, -0.2) is 37.2 Å². The largest absolute Gasteiger partial charge is 0.462 e. The molecule has 0 heterocycles. The van der Waals surface area contributed by atoms with E-state index in [1.165, 1.54) is 77.0 Å². The van der Waals surface area contributed by atoms with Gasteiger partial charge >= 0.3 is 17.9 Å². The smallest absolute Gasteiger partial charge is 0.309 e. The van der Waals surface area contributed by atoms with E-state index >= 15 is 0 Å². The lowest BCUT2D eigenvalue weighted by atomic mass is 10.1. The van der Waals surface area contributed by atoms with Crippen LogP contribution in [0.1, 0.15) is 194 Å². The van der Waals surface area contributed by atoms with Gasteiger partial charge in [0.15, 0.2) is 6.10 Å². The monoisotopic (exact) mass is 857 g/mol. The highest BCUT2D eigenvalue weighted by Crippen LogP contribution is 2.13. The third-order valence-electron chi connectivity index (χ3n) is 9.76. The first-order chi connectivity index (χ1) is 30.5. The molecule has 0 aromatic heterocycles. The van der Waals surface area contributed by atoms with E-state index in [0.717, 1.165) is 70.6 Å². The van der Waals surface area contributed by atoms with Gasteiger partial charge in [0.1, 0.15) is 13.2 Å². The molecule has 0 aliphatic carbocycles. The van der Waals surface area contributed by atoms with Gasteiger partial charge in [-0.2, -0.15) is 0 Å². The molecule has 0 radical (unpaired) electrons. The van der Waals surface area contributed by atoms with Crippen molar-refractivity contribution in [2.24, 2.45) is 0 Å². The summed E-state index contributed by atoms with van der Waals surface area (Å²) in [6.45, 7) is 6.19. The average molecular weight is 857 g/mol. The Bertz CT molecular complexity index is 1350. The maximum Gasteiger partial charge on any atom is 0.309 e. The lowest BCUT2D eigenvalue weighted by Gasteiger charge is -2.18. The first kappa shape index (κ1) is 57.8. The highest BCUT2D eigenvalue weighted by Gasteiger charge is 2.19. The van der Waals surface area contributed by atoms with Crippen molar-refractivity contribution >= 4 is 17.9 Å². The summed E-state index contributed by atoms with van der Waals surface area (Å²) < 4.78 is 16.5. The molecule has 0 aliphatic heterocycles. The number of hydrogen-bond donors (Lipinski definition) is 0. The summed E-state index contributed by atoms with van der Waals surface area (Å²) >= 11 is 0. The normalized spacial score (nSPS) is 13.1. The van der Waals surface area contributed by atoms with Crippen LogP contribution in [0.2, 0.25) is 0 Å². The van der Waals surface area contributed by atoms with Gasteiger partial charge in [0.2, 0.25) is 0 Å². The summed E-state index contributed by atoms with van der Waals surface area (Å²) in [7, 11) is 0. The molecule has 0 saturated carbocycles. The first-order valence-corrected chi connectivity index (χ1v) is 24.6. The van der Waals surface area contributed by atoms with Gasteiger partial charge in [0.25, 0.3) is 0 Å². The van der Waals surface area contributed by atoms with E-state index in [2.05, 4.69) is 118 Å². The fraction of sp³-hybridized carbons (Fsp3) is 0.589. The molecule has 1 atom stereocenters. The molecule has 0 bridgehead atoms. The van der Waals surface area contributed by atoms with Crippen molar-refractivity contribution in [1.82, 2.24) is 0 Å². The standard InChI is InChI=1S/C56H88O6/c1-4-7-10-13-16-19-21-23-25-27-28-29-31-32-34-37-40-43-46-49-55(58)61-52-53(51-60-54(57)48-45-42-39-36-18-15-12-9-6-3)62-56(59)50-47-44-41-38-35-33-30-26-24-22-20-17-14-11-8-5-2/h8-9,11-12,16-21,23-24,26,33,35-36,41-42,44-45,53H,4-7,10,13-15,22,25,27-32,34,37-40,43,46-52H2,1-3H3/b11-8-,12-9-,19-16-,20-17-,23-21-,26-24-,35-33-,36-18-,44-41-,45-42-. The molecule has 0 amide bonds. The van der Waals surface area contributed by atoms with Crippen molar-refractivity contribution in [1.29, 1.82) is 0 Å². The average Bonchev–Trinajstić information content (AvgIpc) is 3.27. The van der Waals surface area contributed by atoms with Gasteiger partial charge in [-0.05, 0) is 89.9 Å². The Morgan fingerprint density at radius 1 is 0.371 bits per heavy atom. The molecule has 62 heavy (non-hydrogen) atoms. The fourth-order valence-corrected chi connectivity index (χ4v) is 6.13. The second-order valence-corrected chi connectivity index (χ2v) is 15.6. The second-order valence-electron chi connectivity index (χ2n) is 15.6. The molecule has 6 nitrogen and oxygen atoms in total. The molecule has 0 saturated heterocycles. The van der Waals surface area contributed by atoms with Crippen LogP contribution in [0.5, 0.6) is 0 Å². The van der Waals surface area contributed by atoms with Crippen molar-refractivity contribution in [3.8, 4) is 0 Å². The molecule has 0 aromatic rings. The molecular weight excluding hydrogens is 769 g/mol. The predicted molar refractivity (Wildman–Crippen MR) is 265 cm³/mol. The van der Waals surface area contributed by atoms with Gasteiger partial charge < -0.3 is 14.2 Å². The minimum atomic E-state index is -0.856. The van der Waals surface area contributed by atoms with E-state index in [1.54, 1.807) is 6.08 Å². The molecule has 0 rings (SSSR count). The summed E-state index contributed by atoms with van der Waals surface area (Å²) in [5.41, 5.74) is 0. The molecule has 1 unspecified atom stereocenters. The fourth-order valence-electron chi connectivity index (χ4n) is 6.13. The molecule has 0 aliphatic rings. The quantitative estimate of drug-likeness (QED) is 0.0200. The van der Waals surface area contributed by atoms with Crippen molar-refractivity contribution in [3.05, 3.63) is 122 Å². The third kappa shape index (κ3) is 46.9. The van der Waals surface area contributed by atoms with E-state index < -0.39 is 18.0 Å². The Hall–Kier alpha value is -4.19. The van der Waals surface area contributed by atoms with Crippen molar-refractivity contribution in [3.63, 3.8) is 0 Å². The third-order valence-corrected chi connectivity index (χ3v) is 9.76. The van der Waals surface area contributed by atoms with Crippen LogP contribution in [0.3, 0.4) is 0 Å². The van der Waals surface area contributed by atoms with Crippen LogP contribution in [-0.2, 0) is 28.6 Å². The zero-order chi connectivity index (χ0) is 45.1. The second kappa shape index (κ2) is 49.5. The minimum Gasteiger partial charge on any atom is -0.462 e. The maximum atomic E-state index is 12.7. The zero-order valence-corrected chi connectivity index (χ0v) is 39.6. The van der Waals surface area contributed by atoms with Crippen LogP contribution in [0.25, 0.3) is 0 Å². The Labute approximate surface area is 380 Å². The maximum absolute atomic E-state index is 12.7. The molecule has 348 valence electrons. The van der Waals surface area contributed by atoms with E-state index in [-0.39, 0.29) is 32.0 Å². The summed E-state index contributed by atoms with van der Waals surface area (Å²) in [6.07, 6.45) is 68.0. The van der Waals surface area contributed by atoms with Gasteiger partial charge in [0.05, 0.1) is 6.42 Å². The van der Waals surface area contributed by atoms with Crippen molar-refractivity contribution in [2.45, 2.75) is 200 Å². The number of hydrogen-bond acceptors (Lipinski definition) is 6. The van der Waals surface area contributed by atoms with Crippen LogP contribution >= 0.6 is 0 Å². The lowest BCUT2D eigenvalue weighted by molar-refractivity contribution is -0.166. The van der Waals surface area contributed by atoms with E-state index in [0.29, 0.717) is 12.8 Å².